The fourth-order valence-corrected chi connectivity index (χ4v) is 3.74. The average molecular weight is 392 g/mol. The Kier molecular flexibility index (Phi) is 8.42. The summed E-state index contributed by atoms with van der Waals surface area (Å²) in [6, 6.07) is 5.98. The van der Waals surface area contributed by atoms with Gasteiger partial charge >= 0.3 is 0 Å². The van der Waals surface area contributed by atoms with Crippen molar-refractivity contribution in [3.63, 3.8) is 0 Å². The van der Waals surface area contributed by atoms with Crippen molar-refractivity contribution >= 4 is 5.96 Å². The van der Waals surface area contributed by atoms with Crippen molar-refractivity contribution in [1.82, 2.24) is 10.6 Å². The predicted molar refractivity (Wildman–Crippen MR) is 114 cm³/mol. The van der Waals surface area contributed by atoms with Crippen molar-refractivity contribution in [1.29, 1.82) is 0 Å². The van der Waals surface area contributed by atoms with E-state index >= 15 is 0 Å². The third kappa shape index (κ3) is 6.30. The van der Waals surface area contributed by atoms with Crippen LogP contribution in [0.2, 0.25) is 0 Å². The Labute approximate surface area is 170 Å². The Hall–Kier alpha value is -1.95. The van der Waals surface area contributed by atoms with Crippen LogP contribution in [-0.2, 0) is 11.3 Å². The first kappa shape index (κ1) is 22.3. The van der Waals surface area contributed by atoms with E-state index in [2.05, 4.69) is 36.4 Å². The van der Waals surface area contributed by atoms with Crippen LogP contribution in [0.5, 0.6) is 11.5 Å². The number of hydrogen-bond acceptors (Lipinski definition) is 4. The second kappa shape index (κ2) is 10.6. The summed E-state index contributed by atoms with van der Waals surface area (Å²) in [5.74, 6) is 2.79. The Bertz CT molecular complexity index is 640. The lowest BCUT2D eigenvalue weighted by Crippen LogP contribution is -2.47. The zero-order valence-corrected chi connectivity index (χ0v) is 18.3. The standard InChI is InChI=1S/C22H37N3O3/c1-7-27-19-13-16(10-11-18(19)26-6)14-24-21(23-5)25-15-17-9-8-12-28-20(17)22(2,3)4/h10-11,13,17,20H,7-9,12,14-15H2,1-6H3,(H2,23,24,25). The highest BCUT2D eigenvalue weighted by atomic mass is 16.5. The minimum Gasteiger partial charge on any atom is -0.493 e. The lowest BCUT2D eigenvalue weighted by molar-refractivity contribution is -0.0835. The molecule has 1 aromatic rings. The van der Waals surface area contributed by atoms with E-state index in [4.69, 9.17) is 14.2 Å². The summed E-state index contributed by atoms with van der Waals surface area (Å²) in [4.78, 5) is 4.36. The summed E-state index contributed by atoms with van der Waals surface area (Å²) in [7, 11) is 3.45. The van der Waals surface area contributed by atoms with Gasteiger partial charge in [-0.3, -0.25) is 4.99 Å². The summed E-state index contributed by atoms with van der Waals surface area (Å²) in [6.07, 6.45) is 2.57. The molecule has 2 rings (SSSR count). The predicted octanol–water partition coefficient (Wildman–Crippen LogP) is 3.60. The molecular weight excluding hydrogens is 354 g/mol. The average Bonchev–Trinajstić information content (AvgIpc) is 2.68. The van der Waals surface area contributed by atoms with E-state index < -0.39 is 0 Å². The van der Waals surface area contributed by atoms with Gasteiger partial charge in [0.1, 0.15) is 0 Å². The summed E-state index contributed by atoms with van der Waals surface area (Å²) in [6.45, 7) is 11.7. The van der Waals surface area contributed by atoms with E-state index in [9.17, 15) is 0 Å². The van der Waals surface area contributed by atoms with Crippen LogP contribution < -0.4 is 20.1 Å². The largest absolute Gasteiger partial charge is 0.493 e. The number of rotatable bonds is 7. The highest BCUT2D eigenvalue weighted by molar-refractivity contribution is 5.79. The summed E-state index contributed by atoms with van der Waals surface area (Å²) in [5.41, 5.74) is 1.25. The molecule has 158 valence electrons. The Morgan fingerprint density at radius 2 is 2.04 bits per heavy atom. The quantitative estimate of drug-likeness (QED) is 0.549. The van der Waals surface area contributed by atoms with Gasteiger partial charge in [-0.1, -0.05) is 26.8 Å². The van der Waals surface area contributed by atoms with Crippen LogP contribution in [0, 0.1) is 11.3 Å². The highest BCUT2D eigenvalue weighted by Gasteiger charge is 2.35. The first-order valence-corrected chi connectivity index (χ1v) is 10.2. The number of guanidine groups is 1. The van der Waals surface area contributed by atoms with E-state index in [1.54, 1.807) is 14.2 Å². The molecule has 0 bridgehead atoms. The molecular formula is C22H37N3O3. The molecule has 1 aliphatic heterocycles. The number of benzene rings is 1. The Morgan fingerprint density at radius 1 is 1.25 bits per heavy atom. The van der Waals surface area contributed by atoms with Gasteiger partial charge in [-0.25, -0.2) is 0 Å². The van der Waals surface area contributed by atoms with Crippen molar-refractivity contribution in [3.8, 4) is 11.5 Å². The molecule has 2 N–H and O–H groups in total. The molecule has 0 aromatic heterocycles. The molecule has 1 heterocycles. The Balaban J connectivity index is 1.91. The van der Waals surface area contributed by atoms with Crippen LogP contribution in [-0.4, -0.2) is 46.0 Å². The second-order valence-corrected chi connectivity index (χ2v) is 8.28. The van der Waals surface area contributed by atoms with Gasteiger partial charge in [-0.15, -0.1) is 0 Å². The second-order valence-electron chi connectivity index (χ2n) is 8.28. The molecule has 0 saturated carbocycles. The van der Waals surface area contributed by atoms with E-state index in [0.717, 1.165) is 42.6 Å². The van der Waals surface area contributed by atoms with E-state index in [0.29, 0.717) is 19.1 Å². The molecule has 0 radical (unpaired) electrons. The molecule has 28 heavy (non-hydrogen) atoms. The van der Waals surface area contributed by atoms with Gasteiger partial charge in [-0.2, -0.15) is 0 Å². The Morgan fingerprint density at radius 3 is 2.68 bits per heavy atom. The molecule has 1 aliphatic rings. The van der Waals surface area contributed by atoms with Gasteiger partial charge in [0, 0.05) is 32.7 Å². The number of hydrogen-bond donors (Lipinski definition) is 2. The van der Waals surface area contributed by atoms with Crippen molar-refractivity contribution in [2.75, 3.05) is 33.9 Å². The lowest BCUT2D eigenvalue weighted by atomic mass is 9.78. The monoisotopic (exact) mass is 391 g/mol. The van der Waals surface area contributed by atoms with Crippen LogP contribution in [0.25, 0.3) is 0 Å². The first-order valence-electron chi connectivity index (χ1n) is 10.2. The summed E-state index contributed by atoms with van der Waals surface area (Å²) >= 11 is 0. The minimum absolute atomic E-state index is 0.141. The minimum atomic E-state index is 0.141. The van der Waals surface area contributed by atoms with Gasteiger partial charge in [-0.05, 0) is 42.9 Å². The van der Waals surface area contributed by atoms with Crippen LogP contribution >= 0.6 is 0 Å². The maximum Gasteiger partial charge on any atom is 0.191 e. The number of ether oxygens (including phenoxy) is 3. The maximum absolute atomic E-state index is 6.08. The van der Waals surface area contributed by atoms with Gasteiger partial charge in [0.2, 0.25) is 0 Å². The molecule has 2 unspecified atom stereocenters. The van der Waals surface area contributed by atoms with Gasteiger partial charge in [0.15, 0.2) is 17.5 Å². The van der Waals surface area contributed by atoms with E-state index in [-0.39, 0.29) is 11.5 Å². The molecule has 1 fully saturated rings. The van der Waals surface area contributed by atoms with Crippen LogP contribution in [0.15, 0.2) is 23.2 Å². The fraction of sp³-hybridized carbons (Fsp3) is 0.682. The zero-order chi connectivity index (χ0) is 20.6. The normalized spacial score (nSPS) is 20.6. The molecule has 0 spiro atoms. The molecule has 1 saturated heterocycles. The molecule has 0 aliphatic carbocycles. The number of methoxy groups -OCH3 is 1. The third-order valence-corrected chi connectivity index (χ3v) is 5.04. The molecule has 6 heteroatoms. The van der Waals surface area contributed by atoms with Crippen LogP contribution in [0.3, 0.4) is 0 Å². The zero-order valence-electron chi connectivity index (χ0n) is 18.3. The summed E-state index contributed by atoms with van der Waals surface area (Å²) in [5, 5.41) is 6.86. The third-order valence-electron chi connectivity index (χ3n) is 5.04. The van der Waals surface area contributed by atoms with E-state index in [1.807, 2.05) is 25.1 Å². The topological polar surface area (TPSA) is 64.1 Å². The van der Waals surface area contributed by atoms with E-state index in [1.165, 1.54) is 6.42 Å². The van der Waals surface area contributed by atoms with Crippen LogP contribution in [0.4, 0.5) is 0 Å². The molecule has 6 nitrogen and oxygen atoms in total. The number of nitrogens with zero attached hydrogens (tertiary/aromatic N) is 1. The van der Waals surface area contributed by atoms with Gasteiger partial charge in [0.05, 0.1) is 19.8 Å². The van der Waals surface area contributed by atoms with Gasteiger partial charge in [0.25, 0.3) is 0 Å². The van der Waals surface area contributed by atoms with Gasteiger partial charge < -0.3 is 24.8 Å². The van der Waals surface area contributed by atoms with Crippen LogP contribution in [0.1, 0.15) is 46.1 Å². The maximum atomic E-state index is 6.08. The first-order chi connectivity index (χ1) is 13.4. The number of aliphatic imine (C=N–C) groups is 1. The fourth-order valence-electron chi connectivity index (χ4n) is 3.74. The SMILES string of the molecule is CCOc1cc(CNC(=NC)NCC2CCCOC2C(C)(C)C)ccc1OC. The number of nitrogens with one attached hydrogen (secondary N) is 2. The molecule has 1 aromatic carbocycles. The highest BCUT2D eigenvalue weighted by Crippen LogP contribution is 2.33. The molecule has 0 amide bonds. The van der Waals surface area contributed by atoms with Crippen molar-refractivity contribution in [2.24, 2.45) is 16.3 Å². The summed E-state index contributed by atoms with van der Waals surface area (Å²) < 4.78 is 17.1. The molecule has 2 atom stereocenters. The smallest absolute Gasteiger partial charge is 0.191 e. The van der Waals surface area contributed by atoms with Crippen molar-refractivity contribution in [3.05, 3.63) is 23.8 Å². The van der Waals surface area contributed by atoms with Crippen molar-refractivity contribution < 1.29 is 14.2 Å². The lowest BCUT2D eigenvalue weighted by Gasteiger charge is -2.40. The van der Waals surface area contributed by atoms with Crippen molar-refractivity contribution in [2.45, 2.75) is 53.2 Å².